The summed E-state index contributed by atoms with van der Waals surface area (Å²) in [4.78, 5) is 0. The Morgan fingerprint density at radius 1 is 1.18 bits per heavy atom. The first-order valence-electron chi connectivity index (χ1n) is 6.65. The van der Waals surface area contributed by atoms with Crippen LogP contribution in [-0.4, -0.2) is 22.4 Å². The Hall–Kier alpha value is -0.600. The second-order valence-electron chi connectivity index (χ2n) is 6.02. The van der Waals surface area contributed by atoms with Crippen molar-refractivity contribution in [1.29, 1.82) is 0 Å². The lowest BCUT2D eigenvalue weighted by molar-refractivity contribution is 0.116. The molecular formula is C15H24O2. The van der Waals surface area contributed by atoms with Crippen LogP contribution in [0.3, 0.4) is 0 Å². The van der Waals surface area contributed by atoms with E-state index in [9.17, 15) is 10.2 Å². The van der Waals surface area contributed by atoms with Crippen molar-refractivity contribution < 1.29 is 10.2 Å². The van der Waals surface area contributed by atoms with Gasteiger partial charge in [0.05, 0.1) is 12.2 Å². The van der Waals surface area contributed by atoms with Crippen molar-refractivity contribution in [2.45, 2.75) is 52.7 Å². The first kappa shape index (κ1) is 12.8. The van der Waals surface area contributed by atoms with Crippen molar-refractivity contribution in [3.8, 4) is 0 Å². The fraction of sp³-hybridized carbons (Fsp3) is 0.733. The van der Waals surface area contributed by atoms with E-state index in [0.717, 1.165) is 17.6 Å². The highest BCUT2D eigenvalue weighted by molar-refractivity contribution is 5.34. The van der Waals surface area contributed by atoms with E-state index in [1.807, 2.05) is 13.8 Å². The van der Waals surface area contributed by atoms with Crippen LogP contribution in [0.5, 0.6) is 0 Å². The standard InChI is InChI=1S/C15H24O2/c1-8(2)11-6-15(17)10(4)12-7-14(16)9(3)5-13(11)12/h5,8,11,13-17H,6-7H2,1-4H3/t11-,13-,14-,15-/m1/s1. The van der Waals surface area contributed by atoms with E-state index < -0.39 is 0 Å². The molecule has 0 heterocycles. The number of hydrogen-bond acceptors (Lipinski definition) is 2. The zero-order valence-corrected chi connectivity index (χ0v) is 11.3. The summed E-state index contributed by atoms with van der Waals surface area (Å²) in [5.74, 6) is 1.50. The monoisotopic (exact) mass is 236 g/mol. The number of aliphatic hydroxyl groups is 2. The summed E-state index contributed by atoms with van der Waals surface area (Å²) in [6.45, 7) is 8.48. The normalized spacial score (nSPS) is 38.2. The molecule has 0 amide bonds. The number of aliphatic hydroxyl groups excluding tert-OH is 2. The van der Waals surface area contributed by atoms with Gasteiger partial charge in [0.15, 0.2) is 0 Å². The topological polar surface area (TPSA) is 40.5 Å². The van der Waals surface area contributed by atoms with Gasteiger partial charge >= 0.3 is 0 Å². The molecule has 0 fully saturated rings. The minimum Gasteiger partial charge on any atom is -0.389 e. The molecule has 17 heavy (non-hydrogen) atoms. The Morgan fingerprint density at radius 3 is 2.41 bits per heavy atom. The molecular weight excluding hydrogens is 212 g/mol. The highest BCUT2D eigenvalue weighted by Gasteiger charge is 2.37. The average Bonchev–Trinajstić information content (AvgIpc) is 2.26. The highest BCUT2D eigenvalue weighted by atomic mass is 16.3. The Morgan fingerprint density at radius 2 is 1.82 bits per heavy atom. The quantitative estimate of drug-likeness (QED) is 0.687. The van der Waals surface area contributed by atoms with E-state index >= 15 is 0 Å². The van der Waals surface area contributed by atoms with Crippen LogP contribution in [0.1, 0.15) is 40.5 Å². The van der Waals surface area contributed by atoms with Gasteiger partial charge in [0, 0.05) is 5.92 Å². The van der Waals surface area contributed by atoms with Crippen LogP contribution in [-0.2, 0) is 0 Å². The molecule has 0 aromatic rings. The number of rotatable bonds is 1. The third-order valence-electron chi connectivity index (χ3n) is 4.60. The molecule has 0 saturated heterocycles. The molecule has 2 heteroatoms. The van der Waals surface area contributed by atoms with Gasteiger partial charge in [-0.25, -0.2) is 0 Å². The van der Waals surface area contributed by atoms with Gasteiger partial charge in [-0.05, 0) is 49.7 Å². The molecule has 2 aliphatic carbocycles. The fourth-order valence-corrected chi connectivity index (χ4v) is 3.29. The molecule has 2 N–H and O–H groups in total. The van der Waals surface area contributed by atoms with Crippen molar-refractivity contribution in [2.75, 3.05) is 0 Å². The molecule has 0 saturated carbocycles. The van der Waals surface area contributed by atoms with Gasteiger partial charge in [-0.15, -0.1) is 0 Å². The van der Waals surface area contributed by atoms with Crippen LogP contribution in [0, 0.1) is 17.8 Å². The molecule has 4 atom stereocenters. The van der Waals surface area contributed by atoms with E-state index in [1.165, 1.54) is 5.57 Å². The lowest BCUT2D eigenvalue weighted by atomic mass is 9.65. The summed E-state index contributed by atoms with van der Waals surface area (Å²) in [6.07, 6.45) is 3.13. The van der Waals surface area contributed by atoms with Crippen molar-refractivity contribution in [3.05, 3.63) is 22.8 Å². The number of hydrogen-bond donors (Lipinski definition) is 2. The van der Waals surface area contributed by atoms with Gasteiger partial charge in [0.25, 0.3) is 0 Å². The van der Waals surface area contributed by atoms with Gasteiger partial charge in [-0.3, -0.25) is 0 Å². The first-order valence-corrected chi connectivity index (χ1v) is 6.65. The van der Waals surface area contributed by atoms with Crippen molar-refractivity contribution >= 4 is 0 Å². The van der Waals surface area contributed by atoms with Gasteiger partial charge in [-0.1, -0.05) is 25.5 Å². The van der Waals surface area contributed by atoms with Gasteiger partial charge in [0.1, 0.15) is 0 Å². The van der Waals surface area contributed by atoms with Crippen molar-refractivity contribution in [3.63, 3.8) is 0 Å². The van der Waals surface area contributed by atoms with Crippen LogP contribution in [0.2, 0.25) is 0 Å². The molecule has 2 aliphatic rings. The Balaban J connectivity index is 2.42. The lowest BCUT2D eigenvalue weighted by Crippen LogP contribution is -2.36. The SMILES string of the molecule is CC1=C[C@H]2C(=C(C)[C@H](O)C[C@@H]2C(C)C)C[C@H]1O. The molecule has 96 valence electrons. The second kappa shape index (κ2) is 4.58. The van der Waals surface area contributed by atoms with Crippen LogP contribution in [0.4, 0.5) is 0 Å². The zero-order chi connectivity index (χ0) is 12.7. The highest BCUT2D eigenvalue weighted by Crippen LogP contribution is 2.44. The molecule has 0 radical (unpaired) electrons. The molecule has 2 nitrogen and oxygen atoms in total. The molecule has 0 bridgehead atoms. The summed E-state index contributed by atoms with van der Waals surface area (Å²) >= 11 is 0. The van der Waals surface area contributed by atoms with Crippen molar-refractivity contribution in [1.82, 2.24) is 0 Å². The van der Waals surface area contributed by atoms with E-state index in [0.29, 0.717) is 24.2 Å². The number of allylic oxidation sites excluding steroid dienone is 1. The Bertz CT molecular complexity index is 365. The average molecular weight is 236 g/mol. The molecule has 2 rings (SSSR count). The van der Waals surface area contributed by atoms with E-state index in [4.69, 9.17) is 0 Å². The van der Waals surface area contributed by atoms with Crippen LogP contribution in [0.25, 0.3) is 0 Å². The van der Waals surface area contributed by atoms with Gasteiger partial charge < -0.3 is 10.2 Å². The van der Waals surface area contributed by atoms with E-state index in [-0.39, 0.29) is 12.2 Å². The number of fused-ring (bicyclic) bond motifs is 1. The summed E-state index contributed by atoms with van der Waals surface area (Å²) in [5, 5.41) is 20.1. The van der Waals surface area contributed by atoms with E-state index in [2.05, 4.69) is 19.9 Å². The minimum absolute atomic E-state index is 0.312. The molecule has 0 unspecified atom stereocenters. The largest absolute Gasteiger partial charge is 0.389 e. The summed E-state index contributed by atoms with van der Waals surface area (Å²) in [6, 6.07) is 0. The maximum Gasteiger partial charge on any atom is 0.0785 e. The Kier molecular flexibility index (Phi) is 3.46. The third kappa shape index (κ3) is 2.21. The van der Waals surface area contributed by atoms with Crippen LogP contribution < -0.4 is 0 Å². The molecule has 0 aromatic carbocycles. The second-order valence-corrected chi connectivity index (χ2v) is 6.02. The maximum atomic E-state index is 10.1. The maximum absolute atomic E-state index is 10.1. The van der Waals surface area contributed by atoms with Gasteiger partial charge in [-0.2, -0.15) is 0 Å². The van der Waals surface area contributed by atoms with Gasteiger partial charge in [0.2, 0.25) is 0 Å². The third-order valence-corrected chi connectivity index (χ3v) is 4.60. The zero-order valence-electron chi connectivity index (χ0n) is 11.3. The molecule has 0 spiro atoms. The van der Waals surface area contributed by atoms with Crippen LogP contribution in [0.15, 0.2) is 22.8 Å². The lowest BCUT2D eigenvalue weighted by Gasteiger charge is -2.41. The predicted molar refractivity (Wildman–Crippen MR) is 69.5 cm³/mol. The first-order chi connectivity index (χ1) is 7.91. The smallest absolute Gasteiger partial charge is 0.0785 e. The van der Waals surface area contributed by atoms with Crippen LogP contribution >= 0.6 is 0 Å². The Labute approximate surface area is 104 Å². The fourth-order valence-electron chi connectivity index (χ4n) is 3.29. The predicted octanol–water partition coefficient (Wildman–Crippen LogP) is 2.67. The summed E-state index contributed by atoms with van der Waals surface area (Å²) < 4.78 is 0. The van der Waals surface area contributed by atoms with Crippen molar-refractivity contribution in [2.24, 2.45) is 17.8 Å². The summed E-state index contributed by atoms with van der Waals surface area (Å²) in [7, 11) is 0. The van der Waals surface area contributed by atoms with E-state index in [1.54, 1.807) is 0 Å². The summed E-state index contributed by atoms with van der Waals surface area (Å²) in [5.41, 5.74) is 3.46. The molecule has 0 aliphatic heterocycles. The molecule has 0 aromatic heterocycles. The minimum atomic E-state index is -0.352.